The van der Waals surface area contributed by atoms with E-state index in [4.69, 9.17) is 16.7 Å². The number of nitrogens with one attached hydrogen (secondary N) is 1. The van der Waals surface area contributed by atoms with Gasteiger partial charge in [0, 0.05) is 18.1 Å². The van der Waals surface area contributed by atoms with Crippen LogP contribution in [-0.4, -0.2) is 47.8 Å². The molecule has 0 aliphatic heterocycles. The van der Waals surface area contributed by atoms with Gasteiger partial charge in [-0.1, -0.05) is 44.9 Å². The van der Waals surface area contributed by atoms with Gasteiger partial charge in [-0.2, -0.15) is 5.10 Å². The van der Waals surface area contributed by atoms with Crippen LogP contribution in [-0.2, 0) is 6.42 Å². The number of aryl methyl sites for hydroxylation is 1. The van der Waals surface area contributed by atoms with Gasteiger partial charge in [0.25, 0.3) is 5.91 Å². The molecule has 142 valence electrons. The first-order valence-electron chi connectivity index (χ1n) is 9.15. The Kier molecular flexibility index (Phi) is 7.23. The van der Waals surface area contributed by atoms with E-state index in [1.54, 1.807) is 0 Å². The molecule has 0 saturated carbocycles. The lowest BCUT2D eigenvalue weighted by atomic mass is 10.0. The third-order valence-corrected chi connectivity index (χ3v) is 4.39. The summed E-state index contributed by atoms with van der Waals surface area (Å²) < 4.78 is 1.88. The predicted molar refractivity (Wildman–Crippen MR) is 108 cm³/mol. The lowest BCUT2D eigenvalue weighted by molar-refractivity contribution is 0.0948. The monoisotopic (exact) mass is 376 g/mol. The van der Waals surface area contributed by atoms with Crippen molar-refractivity contribution in [1.29, 1.82) is 0 Å². The van der Waals surface area contributed by atoms with Crippen molar-refractivity contribution in [1.82, 2.24) is 20.0 Å². The van der Waals surface area contributed by atoms with Crippen LogP contribution in [0.4, 0.5) is 0 Å². The number of nitrogens with zero attached hydrogens (tertiary/aromatic N) is 3. The van der Waals surface area contributed by atoms with Crippen molar-refractivity contribution < 1.29 is 4.79 Å². The lowest BCUT2D eigenvalue weighted by Crippen LogP contribution is -2.32. The second-order valence-corrected chi connectivity index (χ2v) is 7.50. The quantitative estimate of drug-likeness (QED) is 0.760. The topological polar surface area (TPSA) is 50.2 Å². The number of carbonyl (C=O) groups is 1. The molecule has 6 heteroatoms. The normalized spacial score (nSPS) is 11.4. The minimum atomic E-state index is -0.0488. The van der Waals surface area contributed by atoms with Gasteiger partial charge in [0.15, 0.2) is 0 Å². The maximum Gasteiger partial charge on any atom is 0.255 e. The number of amides is 1. The Morgan fingerprint density at radius 3 is 2.65 bits per heavy atom. The molecule has 1 heterocycles. The SMILES string of the molecule is CCCc1nn(-c2cccc(Cl)c2)c(C(C)C)c1C(=O)NCCN(C)C. The van der Waals surface area contributed by atoms with E-state index in [2.05, 4.69) is 26.1 Å². The number of likely N-dealkylation sites (N-methyl/N-ethyl adjacent to an activating group) is 1. The van der Waals surface area contributed by atoms with Gasteiger partial charge in [-0.3, -0.25) is 4.79 Å². The zero-order valence-electron chi connectivity index (χ0n) is 16.3. The molecule has 2 rings (SSSR count). The molecule has 0 fully saturated rings. The molecule has 0 aliphatic carbocycles. The van der Waals surface area contributed by atoms with Crippen molar-refractivity contribution in [3.63, 3.8) is 0 Å². The van der Waals surface area contributed by atoms with Gasteiger partial charge >= 0.3 is 0 Å². The van der Waals surface area contributed by atoms with Crippen molar-refractivity contribution >= 4 is 17.5 Å². The maximum atomic E-state index is 12.9. The Labute approximate surface area is 161 Å². The number of hydrogen-bond acceptors (Lipinski definition) is 3. The Bertz CT molecular complexity index is 752. The first-order valence-corrected chi connectivity index (χ1v) is 9.53. The number of halogens is 1. The van der Waals surface area contributed by atoms with Crippen LogP contribution in [0.1, 0.15) is 54.9 Å². The van der Waals surface area contributed by atoms with E-state index in [1.807, 2.05) is 47.9 Å². The average molecular weight is 377 g/mol. The van der Waals surface area contributed by atoms with Gasteiger partial charge in [0.1, 0.15) is 0 Å². The van der Waals surface area contributed by atoms with Gasteiger partial charge in [-0.05, 0) is 44.6 Å². The average Bonchev–Trinajstić information content (AvgIpc) is 2.94. The van der Waals surface area contributed by atoms with Crippen LogP contribution in [0, 0.1) is 0 Å². The van der Waals surface area contributed by atoms with Gasteiger partial charge < -0.3 is 10.2 Å². The minimum Gasteiger partial charge on any atom is -0.351 e. The highest BCUT2D eigenvalue weighted by atomic mass is 35.5. The molecule has 0 bridgehead atoms. The van der Waals surface area contributed by atoms with E-state index in [-0.39, 0.29) is 11.8 Å². The molecule has 26 heavy (non-hydrogen) atoms. The van der Waals surface area contributed by atoms with Crippen molar-refractivity contribution in [2.75, 3.05) is 27.2 Å². The van der Waals surface area contributed by atoms with Crippen LogP contribution in [0.15, 0.2) is 24.3 Å². The first kappa shape index (κ1) is 20.5. The third-order valence-electron chi connectivity index (χ3n) is 4.15. The molecule has 5 nitrogen and oxygen atoms in total. The van der Waals surface area contributed by atoms with Crippen LogP contribution < -0.4 is 5.32 Å². The second-order valence-electron chi connectivity index (χ2n) is 7.06. The van der Waals surface area contributed by atoms with Crippen LogP contribution in [0.3, 0.4) is 0 Å². The number of benzene rings is 1. The number of rotatable bonds is 8. The van der Waals surface area contributed by atoms with Crippen LogP contribution >= 0.6 is 11.6 Å². The fourth-order valence-corrected chi connectivity index (χ4v) is 3.14. The van der Waals surface area contributed by atoms with Crippen molar-refractivity contribution in [3.8, 4) is 5.69 Å². The highest BCUT2D eigenvalue weighted by Gasteiger charge is 2.25. The molecule has 1 amide bonds. The van der Waals surface area contributed by atoms with Gasteiger partial charge in [-0.25, -0.2) is 4.68 Å². The molecular weight excluding hydrogens is 348 g/mol. The van der Waals surface area contributed by atoms with E-state index in [0.29, 0.717) is 17.1 Å². The maximum absolute atomic E-state index is 12.9. The molecule has 1 N–H and O–H groups in total. The summed E-state index contributed by atoms with van der Waals surface area (Å²) in [5.74, 6) is 0.106. The molecule has 1 aromatic heterocycles. The highest BCUT2D eigenvalue weighted by molar-refractivity contribution is 6.30. The summed E-state index contributed by atoms with van der Waals surface area (Å²) in [6.07, 6.45) is 1.70. The summed E-state index contributed by atoms with van der Waals surface area (Å²) in [5, 5.41) is 8.48. The third kappa shape index (κ3) is 4.86. The summed E-state index contributed by atoms with van der Waals surface area (Å²) >= 11 is 6.17. The molecule has 0 saturated heterocycles. The summed E-state index contributed by atoms with van der Waals surface area (Å²) in [6.45, 7) is 7.68. The van der Waals surface area contributed by atoms with Crippen molar-refractivity contribution in [2.45, 2.75) is 39.5 Å². The molecule has 0 aliphatic rings. The molecule has 0 spiro atoms. The molecule has 0 unspecified atom stereocenters. The summed E-state index contributed by atoms with van der Waals surface area (Å²) in [7, 11) is 3.98. The van der Waals surface area contributed by atoms with Gasteiger partial charge in [-0.15, -0.1) is 0 Å². The Morgan fingerprint density at radius 1 is 1.35 bits per heavy atom. The molecular formula is C20H29ClN4O. The minimum absolute atomic E-state index is 0.0488. The molecule has 1 aromatic carbocycles. The fraction of sp³-hybridized carbons (Fsp3) is 0.500. The summed E-state index contributed by atoms with van der Waals surface area (Å²) in [5.41, 5.74) is 3.36. The largest absolute Gasteiger partial charge is 0.351 e. The van der Waals surface area contributed by atoms with Crippen molar-refractivity contribution in [2.24, 2.45) is 0 Å². The zero-order valence-corrected chi connectivity index (χ0v) is 17.1. The highest BCUT2D eigenvalue weighted by Crippen LogP contribution is 2.28. The van der Waals surface area contributed by atoms with Gasteiger partial charge in [0.2, 0.25) is 0 Å². The molecule has 0 radical (unpaired) electrons. The van der Waals surface area contributed by atoms with Crippen molar-refractivity contribution in [3.05, 3.63) is 46.2 Å². The Morgan fingerprint density at radius 2 is 2.08 bits per heavy atom. The van der Waals surface area contributed by atoms with Crippen LogP contribution in [0.5, 0.6) is 0 Å². The number of hydrogen-bond donors (Lipinski definition) is 1. The van der Waals surface area contributed by atoms with E-state index in [0.717, 1.165) is 36.5 Å². The zero-order chi connectivity index (χ0) is 19.3. The van der Waals surface area contributed by atoms with E-state index in [1.165, 1.54) is 0 Å². The van der Waals surface area contributed by atoms with Crippen LogP contribution in [0.2, 0.25) is 5.02 Å². The first-order chi connectivity index (χ1) is 12.3. The predicted octanol–water partition coefficient (Wildman–Crippen LogP) is 3.89. The molecule has 0 atom stereocenters. The summed E-state index contributed by atoms with van der Waals surface area (Å²) in [6, 6.07) is 7.59. The lowest BCUT2D eigenvalue weighted by Gasteiger charge is -2.14. The van der Waals surface area contributed by atoms with Crippen LogP contribution in [0.25, 0.3) is 5.69 Å². The van der Waals surface area contributed by atoms with E-state index < -0.39 is 0 Å². The number of carbonyl (C=O) groups excluding carboxylic acids is 1. The fourth-order valence-electron chi connectivity index (χ4n) is 2.96. The summed E-state index contributed by atoms with van der Waals surface area (Å²) in [4.78, 5) is 15.0. The standard InChI is InChI=1S/C20H29ClN4O/c1-6-8-17-18(20(26)22-11-12-24(4)5)19(14(2)3)25(23-17)16-10-7-9-15(21)13-16/h7,9-10,13-14H,6,8,11-12H2,1-5H3,(H,22,26). The number of aromatic nitrogens is 2. The van der Waals surface area contributed by atoms with E-state index >= 15 is 0 Å². The van der Waals surface area contributed by atoms with Gasteiger partial charge in [0.05, 0.1) is 22.6 Å². The smallest absolute Gasteiger partial charge is 0.255 e. The Hall–Kier alpha value is -1.85. The molecule has 2 aromatic rings. The second kappa shape index (κ2) is 9.19. The van der Waals surface area contributed by atoms with E-state index in [9.17, 15) is 4.79 Å². The Balaban J connectivity index is 2.49.